The molecule has 1 rings (SSSR count). The van der Waals surface area contributed by atoms with Crippen LogP contribution in [0.1, 0.15) is 6.92 Å². The van der Waals surface area contributed by atoms with Crippen LogP contribution in [-0.2, 0) is 0 Å². The summed E-state index contributed by atoms with van der Waals surface area (Å²) < 4.78 is 0. The van der Waals surface area contributed by atoms with E-state index in [-0.39, 0.29) is 0 Å². The largest absolute Gasteiger partial charge is 0.439 e. The van der Waals surface area contributed by atoms with Gasteiger partial charge in [-0.25, -0.2) is 0 Å². The Kier molecular flexibility index (Phi) is 0.708. The Morgan fingerprint density at radius 1 is 1.83 bits per heavy atom. The molecule has 0 atom stereocenters. The number of hydrogen-bond acceptors (Lipinski definition) is 2. The van der Waals surface area contributed by atoms with Crippen LogP contribution in [0, 0.1) is 0 Å². The molecule has 6 heavy (non-hydrogen) atoms. The number of rotatable bonds is 0. The second kappa shape index (κ2) is 1.20. The van der Waals surface area contributed by atoms with Crippen molar-refractivity contribution in [1.82, 2.24) is 0 Å². The van der Waals surface area contributed by atoms with Crippen molar-refractivity contribution in [3.05, 3.63) is 0 Å². The van der Waals surface area contributed by atoms with Crippen LogP contribution in [0.4, 0.5) is 0 Å². The predicted octanol–water partition coefficient (Wildman–Crippen LogP) is 0.366. The van der Waals surface area contributed by atoms with Crippen molar-refractivity contribution in [3.63, 3.8) is 0 Å². The molecule has 1 heterocycles. The van der Waals surface area contributed by atoms with Crippen LogP contribution in [0.25, 0.3) is 0 Å². The van der Waals surface area contributed by atoms with Crippen LogP contribution in [0.3, 0.4) is 0 Å². The van der Waals surface area contributed by atoms with Crippen LogP contribution in [0.2, 0.25) is 0 Å². The Morgan fingerprint density at radius 2 is 2.67 bits per heavy atom. The Labute approximate surface area is 36.6 Å². The normalized spacial score (nSPS) is 18.5. The molecule has 2 nitrogen and oxygen atoms in total. The lowest BCUT2D eigenvalue weighted by Gasteiger charge is -1.88. The third-order valence-corrected chi connectivity index (χ3v) is 0.619. The fourth-order valence-corrected chi connectivity index (χ4v) is 0.306. The molecule has 0 saturated carbocycles. The number of nitrogens with zero attached hydrogens (tertiary/aromatic N) is 2. The molecule has 32 valence electrons. The van der Waals surface area contributed by atoms with Gasteiger partial charge in [0.1, 0.15) is 0 Å². The van der Waals surface area contributed by atoms with Gasteiger partial charge < -0.3 is 9.98 Å². The van der Waals surface area contributed by atoms with E-state index in [4.69, 9.17) is 0 Å². The number of aliphatic imine (C=N–C) groups is 2. The fourth-order valence-electron chi connectivity index (χ4n) is 0.306. The van der Waals surface area contributed by atoms with E-state index in [1.807, 2.05) is 6.92 Å². The van der Waals surface area contributed by atoms with E-state index in [9.17, 15) is 0 Å². The first-order valence-electron chi connectivity index (χ1n) is 1.84. The van der Waals surface area contributed by atoms with Crippen LogP contribution in [0.15, 0.2) is 9.98 Å². The third kappa shape index (κ3) is 0.455. The molecule has 0 unspecified atom stereocenters. The van der Waals surface area contributed by atoms with Crippen molar-refractivity contribution in [2.75, 3.05) is 6.54 Å². The molecule has 0 radical (unpaired) electrons. The standard InChI is InChI=1S/C4H5N2/c1-4-2-5-3-6-4/h2H2,1H3/q-1. The van der Waals surface area contributed by atoms with E-state index >= 15 is 0 Å². The molecule has 0 aromatic carbocycles. The molecule has 1 aliphatic rings. The highest BCUT2D eigenvalue weighted by Gasteiger charge is 1.75. The lowest BCUT2D eigenvalue weighted by atomic mass is 10.4. The predicted molar refractivity (Wildman–Crippen MR) is 25.4 cm³/mol. The van der Waals surface area contributed by atoms with Crippen LogP contribution >= 0.6 is 0 Å². The van der Waals surface area contributed by atoms with Crippen molar-refractivity contribution in [2.45, 2.75) is 6.92 Å². The molecular formula is C4H5N2-. The highest BCUT2D eigenvalue weighted by atomic mass is 14.9. The van der Waals surface area contributed by atoms with Crippen molar-refractivity contribution in [2.24, 2.45) is 9.98 Å². The zero-order valence-corrected chi connectivity index (χ0v) is 3.60. The Morgan fingerprint density at radius 3 is 2.83 bits per heavy atom. The van der Waals surface area contributed by atoms with Crippen molar-refractivity contribution >= 4 is 12.1 Å². The summed E-state index contributed by atoms with van der Waals surface area (Å²) in [6.07, 6.45) is 2.48. The van der Waals surface area contributed by atoms with E-state index in [1.165, 1.54) is 0 Å². The molecule has 0 saturated heterocycles. The molecule has 0 aromatic rings. The molecule has 0 spiro atoms. The first-order valence-corrected chi connectivity index (χ1v) is 1.84. The second-order valence-corrected chi connectivity index (χ2v) is 1.26. The van der Waals surface area contributed by atoms with Gasteiger partial charge in [-0.15, -0.1) is 5.71 Å². The van der Waals surface area contributed by atoms with Crippen LogP contribution < -0.4 is 0 Å². The highest BCUT2D eigenvalue weighted by molar-refractivity contribution is 5.94. The van der Waals surface area contributed by atoms with Gasteiger partial charge in [-0.05, 0) is 6.54 Å². The third-order valence-electron chi connectivity index (χ3n) is 0.619. The SMILES string of the molecule is CC1=N[C-]=NC1. The lowest BCUT2D eigenvalue weighted by Crippen LogP contribution is -1.87. The first-order chi connectivity index (χ1) is 2.89. The van der Waals surface area contributed by atoms with Crippen molar-refractivity contribution < 1.29 is 0 Å². The maximum Gasteiger partial charge on any atom is -0.00950 e. The summed E-state index contributed by atoms with van der Waals surface area (Å²) in [5, 5.41) is 0. The molecule has 0 N–H and O–H groups in total. The monoisotopic (exact) mass is 81.0 g/mol. The first kappa shape index (κ1) is 3.53. The summed E-state index contributed by atoms with van der Waals surface area (Å²) in [6.45, 7) is 2.68. The quantitative estimate of drug-likeness (QED) is 0.376. The van der Waals surface area contributed by atoms with E-state index in [0.29, 0.717) is 0 Å². The van der Waals surface area contributed by atoms with Gasteiger partial charge in [-0.2, -0.15) is 0 Å². The van der Waals surface area contributed by atoms with Gasteiger partial charge in [-0.3, -0.25) is 0 Å². The van der Waals surface area contributed by atoms with Gasteiger partial charge in [-0.1, -0.05) is 13.3 Å². The minimum absolute atomic E-state index is 0.750. The molecule has 0 fully saturated rings. The van der Waals surface area contributed by atoms with E-state index in [2.05, 4.69) is 16.3 Å². The Balaban J connectivity index is 2.61. The summed E-state index contributed by atoms with van der Waals surface area (Å²) in [5.41, 5.74) is 1.05. The van der Waals surface area contributed by atoms with Crippen LogP contribution in [-0.4, -0.2) is 18.6 Å². The maximum absolute atomic E-state index is 3.74. The average molecular weight is 81.1 g/mol. The Bertz CT molecular complexity index is 102. The lowest BCUT2D eigenvalue weighted by molar-refractivity contribution is 1.34. The molecule has 2 heteroatoms. The summed E-state index contributed by atoms with van der Waals surface area (Å²) in [7, 11) is 0. The van der Waals surface area contributed by atoms with Gasteiger partial charge in [0.25, 0.3) is 0 Å². The molecule has 0 aliphatic carbocycles. The minimum atomic E-state index is 0.750. The van der Waals surface area contributed by atoms with E-state index in [1.54, 1.807) is 0 Å². The summed E-state index contributed by atoms with van der Waals surface area (Å²) in [6, 6.07) is 0. The molecular weight excluding hydrogens is 76.1 g/mol. The highest BCUT2D eigenvalue weighted by Crippen LogP contribution is 1.83. The summed E-state index contributed by atoms with van der Waals surface area (Å²) >= 11 is 0. The van der Waals surface area contributed by atoms with Gasteiger partial charge in [0, 0.05) is 0 Å². The zero-order chi connectivity index (χ0) is 4.41. The maximum atomic E-state index is 3.74. The van der Waals surface area contributed by atoms with Crippen LogP contribution in [0.5, 0.6) is 0 Å². The van der Waals surface area contributed by atoms with Gasteiger partial charge in [0.15, 0.2) is 0 Å². The topological polar surface area (TPSA) is 24.7 Å². The fraction of sp³-hybridized carbons (Fsp3) is 0.500. The Hall–Kier alpha value is -0.660. The molecule has 0 amide bonds. The summed E-state index contributed by atoms with van der Waals surface area (Å²) in [4.78, 5) is 7.45. The molecule has 0 bridgehead atoms. The second-order valence-electron chi connectivity index (χ2n) is 1.26. The molecule has 1 aliphatic heterocycles. The van der Waals surface area contributed by atoms with Crippen molar-refractivity contribution in [1.29, 1.82) is 0 Å². The number of hydrogen-bond donors (Lipinski definition) is 0. The van der Waals surface area contributed by atoms with Gasteiger partial charge >= 0.3 is 0 Å². The van der Waals surface area contributed by atoms with Gasteiger partial charge in [0.2, 0.25) is 0 Å². The average Bonchev–Trinajstić information content (AvgIpc) is 1.86. The minimum Gasteiger partial charge on any atom is -0.439 e. The summed E-state index contributed by atoms with van der Waals surface area (Å²) in [5.74, 6) is 0. The zero-order valence-electron chi connectivity index (χ0n) is 3.60. The van der Waals surface area contributed by atoms with E-state index < -0.39 is 0 Å². The van der Waals surface area contributed by atoms with Gasteiger partial charge in [0.05, 0.1) is 0 Å². The van der Waals surface area contributed by atoms with Crippen molar-refractivity contribution in [3.8, 4) is 0 Å². The molecule has 0 aromatic heterocycles. The smallest absolute Gasteiger partial charge is 0.00950 e. The van der Waals surface area contributed by atoms with E-state index in [0.717, 1.165) is 12.3 Å².